The first-order valence-corrected chi connectivity index (χ1v) is 5.18. The van der Waals surface area contributed by atoms with E-state index < -0.39 is 0 Å². The standard InChI is InChI=1S/C12H13N2.Li/c1-2-6-12-11(5-1)7-10-14(12)13-8-3-4-9-13;/h1-2,5-7H,3-4,8-9H2;/q-1;+1. The van der Waals surface area contributed by atoms with E-state index in [0.29, 0.717) is 0 Å². The number of hydrogen-bond donors (Lipinski definition) is 0. The molecular formula is C12H13LiN2. The number of hydrogen-bond acceptors (Lipinski definition) is 1. The molecule has 2 heterocycles. The third kappa shape index (κ3) is 1.80. The number of benzene rings is 1. The van der Waals surface area contributed by atoms with Crippen molar-refractivity contribution in [2.45, 2.75) is 12.8 Å². The molecule has 0 saturated carbocycles. The van der Waals surface area contributed by atoms with Gasteiger partial charge in [0.05, 0.1) is 0 Å². The Bertz CT molecular complexity index is 444. The average molecular weight is 192 g/mol. The average Bonchev–Trinajstić information content (AvgIpc) is 2.85. The van der Waals surface area contributed by atoms with Gasteiger partial charge in [-0.3, -0.25) is 0 Å². The van der Waals surface area contributed by atoms with Crippen molar-refractivity contribution in [1.82, 2.24) is 4.68 Å². The Morgan fingerprint density at radius 3 is 2.60 bits per heavy atom. The molecule has 0 bridgehead atoms. The van der Waals surface area contributed by atoms with Gasteiger partial charge in [-0.1, -0.05) is 23.8 Å². The van der Waals surface area contributed by atoms with Gasteiger partial charge in [0.15, 0.2) is 0 Å². The van der Waals surface area contributed by atoms with Crippen LogP contribution >= 0.6 is 0 Å². The van der Waals surface area contributed by atoms with Gasteiger partial charge < -0.3 is 9.69 Å². The van der Waals surface area contributed by atoms with Gasteiger partial charge >= 0.3 is 18.9 Å². The van der Waals surface area contributed by atoms with E-state index in [1.807, 2.05) is 0 Å². The zero-order valence-corrected chi connectivity index (χ0v) is 9.11. The Kier molecular flexibility index (Phi) is 3.09. The predicted molar refractivity (Wildman–Crippen MR) is 58.0 cm³/mol. The van der Waals surface area contributed by atoms with Crippen LogP contribution in [0, 0.1) is 6.20 Å². The number of fused-ring (bicyclic) bond motifs is 1. The van der Waals surface area contributed by atoms with Crippen molar-refractivity contribution in [3.63, 3.8) is 0 Å². The second-order valence-corrected chi connectivity index (χ2v) is 3.80. The van der Waals surface area contributed by atoms with E-state index in [-0.39, 0.29) is 18.9 Å². The molecule has 15 heavy (non-hydrogen) atoms. The van der Waals surface area contributed by atoms with Crippen molar-refractivity contribution in [2.24, 2.45) is 0 Å². The van der Waals surface area contributed by atoms with Crippen LogP contribution in [0.2, 0.25) is 0 Å². The number of rotatable bonds is 1. The monoisotopic (exact) mass is 192 g/mol. The molecule has 2 aromatic rings. The van der Waals surface area contributed by atoms with Crippen molar-refractivity contribution in [2.75, 3.05) is 18.1 Å². The zero-order chi connectivity index (χ0) is 9.38. The van der Waals surface area contributed by atoms with Crippen LogP contribution < -0.4 is 23.9 Å². The second-order valence-electron chi connectivity index (χ2n) is 3.80. The molecule has 0 spiro atoms. The van der Waals surface area contributed by atoms with Gasteiger partial charge in [0, 0.05) is 13.1 Å². The molecule has 0 radical (unpaired) electrons. The minimum Gasteiger partial charge on any atom is -0.384 e. The van der Waals surface area contributed by atoms with E-state index in [9.17, 15) is 0 Å². The van der Waals surface area contributed by atoms with Crippen molar-refractivity contribution < 1.29 is 18.9 Å². The summed E-state index contributed by atoms with van der Waals surface area (Å²) in [6.07, 6.45) is 5.91. The summed E-state index contributed by atoms with van der Waals surface area (Å²) in [4.78, 5) is 0. The van der Waals surface area contributed by atoms with Crippen molar-refractivity contribution in [1.29, 1.82) is 0 Å². The Morgan fingerprint density at radius 1 is 1.07 bits per heavy atom. The van der Waals surface area contributed by atoms with Crippen LogP contribution in [0.1, 0.15) is 12.8 Å². The Balaban J connectivity index is 0.000000853. The fraction of sp³-hybridized carbons (Fsp3) is 0.333. The zero-order valence-electron chi connectivity index (χ0n) is 9.11. The third-order valence-electron chi connectivity index (χ3n) is 2.87. The van der Waals surface area contributed by atoms with Gasteiger partial charge in [-0.25, -0.2) is 0 Å². The van der Waals surface area contributed by atoms with Crippen LogP contribution in [0.3, 0.4) is 0 Å². The van der Waals surface area contributed by atoms with Crippen LogP contribution in [0.4, 0.5) is 0 Å². The van der Waals surface area contributed by atoms with E-state index in [0.717, 1.165) is 13.1 Å². The molecular weight excluding hydrogens is 179 g/mol. The molecule has 3 rings (SSSR count). The van der Waals surface area contributed by atoms with E-state index in [1.54, 1.807) is 0 Å². The Hall–Kier alpha value is -0.843. The molecule has 1 aromatic heterocycles. The van der Waals surface area contributed by atoms with Crippen molar-refractivity contribution in [3.05, 3.63) is 36.5 Å². The predicted octanol–water partition coefficient (Wildman–Crippen LogP) is -0.823. The first-order chi connectivity index (χ1) is 6.95. The van der Waals surface area contributed by atoms with E-state index >= 15 is 0 Å². The van der Waals surface area contributed by atoms with E-state index in [4.69, 9.17) is 0 Å². The fourth-order valence-corrected chi connectivity index (χ4v) is 2.14. The van der Waals surface area contributed by atoms with Crippen LogP contribution in [-0.2, 0) is 0 Å². The molecule has 72 valence electrons. The van der Waals surface area contributed by atoms with E-state index in [2.05, 4.69) is 46.2 Å². The molecule has 1 fully saturated rings. The van der Waals surface area contributed by atoms with Crippen LogP contribution in [0.25, 0.3) is 10.9 Å². The van der Waals surface area contributed by atoms with Gasteiger partial charge in [0.1, 0.15) is 0 Å². The minimum atomic E-state index is 0. The molecule has 0 N–H and O–H groups in total. The molecule has 1 aliphatic rings. The fourth-order valence-electron chi connectivity index (χ4n) is 2.14. The third-order valence-corrected chi connectivity index (χ3v) is 2.87. The summed E-state index contributed by atoms with van der Waals surface area (Å²) in [6.45, 7) is 2.32. The summed E-state index contributed by atoms with van der Waals surface area (Å²) < 4.78 is 2.17. The van der Waals surface area contributed by atoms with Gasteiger partial charge in [-0.2, -0.15) is 11.5 Å². The maximum atomic E-state index is 3.30. The molecule has 1 aliphatic heterocycles. The summed E-state index contributed by atoms with van der Waals surface area (Å²) in [5.74, 6) is 0. The molecule has 2 nitrogen and oxygen atoms in total. The molecule has 0 atom stereocenters. The van der Waals surface area contributed by atoms with Gasteiger partial charge in [-0.05, 0) is 12.8 Å². The largest absolute Gasteiger partial charge is 1.00 e. The molecule has 1 saturated heterocycles. The quantitative estimate of drug-likeness (QED) is 0.423. The van der Waals surface area contributed by atoms with Crippen molar-refractivity contribution in [3.8, 4) is 0 Å². The number of para-hydroxylation sites is 1. The van der Waals surface area contributed by atoms with Gasteiger partial charge in [0.2, 0.25) is 0 Å². The second kappa shape index (κ2) is 4.34. The Morgan fingerprint density at radius 2 is 1.80 bits per heavy atom. The maximum Gasteiger partial charge on any atom is 1.00 e. The topological polar surface area (TPSA) is 8.17 Å². The molecule has 0 aliphatic carbocycles. The summed E-state index contributed by atoms with van der Waals surface area (Å²) in [5.41, 5.74) is 1.27. The van der Waals surface area contributed by atoms with E-state index in [1.165, 1.54) is 23.7 Å². The van der Waals surface area contributed by atoms with Gasteiger partial charge in [-0.15, -0.1) is 12.1 Å². The summed E-state index contributed by atoms with van der Waals surface area (Å²) >= 11 is 0. The smallest absolute Gasteiger partial charge is 0.384 e. The maximum absolute atomic E-state index is 3.30. The summed E-state index contributed by atoms with van der Waals surface area (Å²) in [7, 11) is 0. The van der Waals surface area contributed by atoms with Crippen molar-refractivity contribution >= 4 is 10.9 Å². The number of aromatic nitrogens is 1. The van der Waals surface area contributed by atoms with Gasteiger partial charge in [0.25, 0.3) is 0 Å². The number of nitrogens with zero attached hydrogens (tertiary/aromatic N) is 2. The summed E-state index contributed by atoms with van der Waals surface area (Å²) in [6, 6.07) is 10.5. The van der Waals surface area contributed by atoms with Crippen LogP contribution in [-0.4, -0.2) is 17.8 Å². The minimum absolute atomic E-state index is 0. The first-order valence-electron chi connectivity index (χ1n) is 5.18. The normalized spacial score (nSPS) is 15.6. The molecule has 0 amide bonds. The summed E-state index contributed by atoms with van der Waals surface area (Å²) in [5, 5.41) is 3.64. The SMILES string of the molecule is [Li+].[c-]1cc2ccccc2n1N1CCCC1. The van der Waals surface area contributed by atoms with Crippen LogP contribution in [0.15, 0.2) is 30.3 Å². The Labute approximate surface area is 102 Å². The first kappa shape index (κ1) is 10.7. The molecule has 1 aromatic carbocycles. The molecule has 3 heteroatoms. The van der Waals surface area contributed by atoms with Crippen LogP contribution in [0.5, 0.6) is 0 Å². The molecule has 0 unspecified atom stereocenters.